The molecule has 0 spiro atoms. The van der Waals surface area contributed by atoms with Gasteiger partial charge in [-0.2, -0.15) is 0 Å². The van der Waals surface area contributed by atoms with Crippen LogP contribution in [0.1, 0.15) is 43.0 Å². The minimum Gasteiger partial charge on any atom is -0.354 e. The van der Waals surface area contributed by atoms with Crippen LogP contribution in [-0.4, -0.2) is 44.3 Å². The lowest BCUT2D eigenvalue weighted by Gasteiger charge is -2.32. The van der Waals surface area contributed by atoms with Gasteiger partial charge in [0.05, 0.1) is 10.6 Å². The molecule has 0 aliphatic rings. The molecule has 7 nitrogen and oxygen atoms in total. The summed E-state index contributed by atoms with van der Waals surface area (Å²) in [6, 6.07) is 18.7. The largest absolute Gasteiger partial charge is 0.354 e. The van der Waals surface area contributed by atoms with Gasteiger partial charge in [0.1, 0.15) is 12.6 Å². The molecule has 0 aromatic heterocycles. The van der Waals surface area contributed by atoms with Crippen molar-refractivity contribution in [3.05, 3.63) is 93.5 Å². The Hall–Kier alpha value is -3.17. The third-order valence-electron chi connectivity index (χ3n) is 6.60. The summed E-state index contributed by atoms with van der Waals surface area (Å²) in [5.74, 6) is -0.538. The van der Waals surface area contributed by atoms with Crippen LogP contribution >= 0.6 is 15.9 Å². The summed E-state index contributed by atoms with van der Waals surface area (Å²) in [4.78, 5) is 28.7. The predicted octanol–water partition coefficient (Wildman–Crippen LogP) is 5.76. The van der Waals surface area contributed by atoms with Crippen LogP contribution < -0.4 is 9.62 Å². The molecule has 0 saturated heterocycles. The van der Waals surface area contributed by atoms with Crippen LogP contribution in [-0.2, 0) is 26.2 Å². The second-order valence-corrected chi connectivity index (χ2v) is 13.4. The van der Waals surface area contributed by atoms with E-state index in [1.807, 2.05) is 71.0 Å². The Bertz CT molecular complexity index is 1460. The van der Waals surface area contributed by atoms with E-state index in [2.05, 4.69) is 21.2 Å². The second kappa shape index (κ2) is 13.5. The fourth-order valence-corrected chi connectivity index (χ4v) is 6.23. The second-order valence-electron chi connectivity index (χ2n) is 10.6. The highest BCUT2D eigenvalue weighted by atomic mass is 79.9. The van der Waals surface area contributed by atoms with E-state index < -0.39 is 28.5 Å². The van der Waals surface area contributed by atoms with Gasteiger partial charge in [-0.05, 0) is 75.1 Å². The van der Waals surface area contributed by atoms with Crippen LogP contribution in [0.2, 0.25) is 0 Å². The fraction of sp³-hybridized carbons (Fsp3) is 0.355. The molecule has 3 aromatic rings. The zero-order valence-electron chi connectivity index (χ0n) is 23.9. The molecule has 40 heavy (non-hydrogen) atoms. The lowest BCUT2D eigenvalue weighted by molar-refractivity contribution is -0.139. The number of rotatable bonds is 11. The monoisotopic (exact) mass is 627 g/mol. The van der Waals surface area contributed by atoms with Gasteiger partial charge in [-0.1, -0.05) is 77.3 Å². The SMILES string of the molecule is Cc1ccc(S(=O)(=O)N(CC(=O)N(Cc2cccc(Br)c2)[C@@H](C)C(=O)NCC(C)C)c2ccc(C)cc2C)cc1. The highest BCUT2D eigenvalue weighted by molar-refractivity contribution is 9.10. The van der Waals surface area contributed by atoms with Crippen molar-refractivity contribution in [3.8, 4) is 0 Å². The van der Waals surface area contributed by atoms with Crippen molar-refractivity contribution in [2.24, 2.45) is 5.92 Å². The number of halogens is 1. The molecule has 0 saturated carbocycles. The van der Waals surface area contributed by atoms with E-state index >= 15 is 0 Å². The number of hydrogen-bond acceptors (Lipinski definition) is 4. The fourth-order valence-electron chi connectivity index (χ4n) is 4.30. The molecule has 0 unspecified atom stereocenters. The van der Waals surface area contributed by atoms with Crippen molar-refractivity contribution in [2.75, 3.05) is 17.4 Å². The van der Waals surface area contributed by atoms with Gasteiger partial charge in [0.25, 0.3) is 10.0 Å². The van der Waals surface area contributed by atoms with Crippen molar-refractivity contribution < 1.29 is 18.0 Å². The highest BCUT2D eigenvalue weighted by Crippen LogP contribution is 2.28. The normalized spacial score (nSPS) is 12.2. The summed E-state index contributed by atoms with van der Waals surface area (Å²) >= 11 is 3.47. The molecule has 1 N–H and O–H groups in total. The zero-order chi connectivity index (χ0) is 29.6. The Morgan fingerprint density at radius 2 is 1.55 bits per heavy atom. The van der Waals surface area contributed by atoms with Gasteiger partial charge in [-0.25, -0.2) is 8.42 Å². The first-order chi connectivity index (χ1) is 18.8. The third kappa shape index (κ3) is 7.95. The first-order valence-electron chi connectivity index (χ1n) is 13.3. The van der Waals surface area contributed by atoms with Gasteiger partial charge < -0.3 is 10.2 Å². The Balaban J connectivity index is 2.05. The van der Waals surface area contributed by atoms with Crippen LogP contribution in [0, 0.1) is 26.7 Å². The van der Waals surface area contributed by atoms with Gasteiger partial charge >= 0.3 is 0 Å². The van der Waals surface area contributed by atoms with Crippen molar-refractivity contribution in [2.45, 2.75) is 59.0 Å². The standard InChI is InChI=1S/C31H38BrN3O4S/c1-21(2)18-33-31(37)25(6)34(19-26-8-7-9-27(32)17-26)30(36)20-35(29-15-12-23(4)16-24(29)5)40(38,39)28-13-10-22(3)11-14-28/h7-17,21,25H,18-20H2,1-6H3,(H,33,37)/t25-/m0/s1. The number of benzene rings is 3. The van der Waals surface area contributed by atoms with Gasteiger partial charge in [-0.3, -0.25) is 13.9 Å². The van der Waals surface area contributed by atoms with Crippen molar-refractivity contribution in [3.63, 3.8) is 0 Å². The molecule has 3 aromatic carbocycles. The minimum atomic E-state index is -4.10. The van der Waals surface area contributed by atoms with E-state index in [4.69, 9.17) is 0 Å². The lowest BCUT2D eigenvalue weighted by atomic mass is 10.1. The minimum absolute atomic E-state index is 0.0899. The van der Waals surface area contributed by atoms with Gasteiger partial charge in [0, 0.05) is 17.6 Å². The molecule has 0 aliphatic carbocycles. The maximum atomic E-state index is 14.0. The van der Waals surface area contributed by atoms with E-state index in [1.165, 1.54) is 4.90 Å². The summed E-state index contributed by atoms with van der Waals surface area (Å²) in [7, 11) is -4.10. The molecule has 0 aliphatic heterocycles. The van der Waals surface area contributed by atoms with Crippen molar-refractivity contribution in [1.29, 1.82) is 0 Å². The first kappa shape index (κ1) is 31.4. The van der Waals surface area contributed by atoms with E-state index in [0.29, 0.717) is 12.2 Å². The number of hydrogen-bond donors (Lipinski definition) is 1. The zero-order valence-corrected chi connectivity index (χ0v) is 26.3. The van der Waals surface area contributed by atoms with Crippen LogP contribution in [0.5, 0.6) is 0 Å². The average Bonchev–Trinajstić information content (AvgIpc) is 2.89. The number of amides is 2. The Kier molecular flexibility index (Phi) is 10.6. The first-order valence-corrected chi connectivity index (χ1v) is 15.5. The summed E-state index contributed by atoms with van der Waals surface area (Å²) < 4.78 is 30.0. The molecule has 0 fully saturated rings. The smallest absolute Gasteiger partial charge is 0.264 e. The molecule has 2 amide bonds. The van der Waals surface area contributed by atoms with Crippen LogP contribution in [0.15, 0.2) is 76.1 Å². The Morgan fingerprint density at radius 1 is 0.900 bits per heavy atom. The van der Waals surface area contributed by atoms with Crippen LogP contribution in [0.4, 0.5) is 5.69 Å². The Morgan fingerprint density at radius 3 is 2.15 bits per heavy atom. The topological polar surface area (TPSA) is 86.8 Å². The summed E-state index contributed by atoms with van der Waals surface area (Å²) in [6.07, 6.45) is 0. The average molecular weight is 629 g/mol. The molecular weight excluding hydrogens is 590 g/mol. The van der Waals surface area contributed by atoms with Gasteiger partial charge in [-0.15, -0.1) is 0 Å². The Labute approximate surface area is 246 Å². The third-order valence-corrected chi connectivity index (χ3v) is 8.87. The summed E-state index contributed by atoms with van der Waals surface area (Å²) in [5, 5.41) is 2.90. The number of nitrogens with one attached hydrogen (secondary N) is 1. The molecule has 0 bridgehead atoms. The lowest BCUT2D eigenvalue weighted by Crippen LogP contribution is -2.51. The van der Waals surface area contributed by atoms with Crippen molar-refractivity contribution in [1.82, 2.24) is 10.2 Å². The number of carbonyl (C=O) groups is 2. The molecule has 214 valence electrons. The van der Waals surface area contributed by atoms with Crippen LogP contribution in [0.25, 0.3) is 0 Å². The number of anilines is 1. The molecule has 0 radical (unpaired) electrons. The highest BCUT2D eigenvalue weighted by Gasteiger charge is 2.33. The maximum Gasteiger partial charge on any atom is 0.264 e. The number of sulfonamides is 1. The van der Waals surface area contributed by atoms with E-state index in [1.54, 1.807) is 37.3 Å². The molecule has 9 heteroatoms. The maximum absolute atomic E-state index is 14.0. The molecule has 0 heterocycles. The number of aryl methyl sites for hydroxylation is 3. The van der Waals surface area contributed by atoms with Crippen molar-refractivity contribution >= 4 is 43.5 Å². The van der Waals surface area contributed by atoms with Crippen LogP contribution in [0.3, 0.4) is 0 Å². The number of nitrogens with zero attached hydrogens (tertiary/aromatic N) is 2. The number of carbonyl (C=O) groups excluding carboxylic acids is 2. The van der Waals surface area contributed by atoms with E-state index in [9.17, 15) is 18.0 Å². The quantitative estimate of drug-likeness (QED) is 0.293. The molecule has 1 atom stereocenters. The van der Waals surface area contributed by atoms with Gasteiger partial charge in [0.15, 0.2) is 0 Å². The summed E-state index contributed by atoms with van der Waals surface area (Å²) in [6.45, 7) is 11.4. The molecular formula is C31H38BrN3O4S. The van der Waals surface area contributed by atoms with E-state index in [0.717, 1.165) is 31.0 Å². The van der Waals surface area contributed by atoms with Gasteiger partial charge in [0.2, 0.25) is 11.8 Å². The predicted molar refractivity (Wildman–Crippen MR) is 164 cm³/mol. The van der Waals surface area contributed by atoms with E-state index in [-0.39, 0.29) is 23.3 Å². The molecule has 3 rings (SSSR count). The summed E-state index contributed by atoms with van der Waals surface area (Å²) in [5.41, 5.74) is 3.86.